The molecule has 1 aliphatic heterocycles. The van der Waals surface area contributed by atoms with E-state index in [1.807, 2.05) is 12.1 Å². The first-order valence-corrected chi connectivity index (χ1v) is 30.2. The molecule has 0 aliphatic carbocycles. The third-order valence-corrected chi connectivity index (χ3v) is 15.2. The lowest BCUT2D eigenvalue weighted by molar-refractivity contribution is -0.136. The highest BCUT2D eigenvalue weighted by Gasteiger charge is 2.36. The number of hydrogen-bond acceptors (Lipinski definition) is 18. The van der Waals surface area contributed by atoms with E-state index in [0.717, 1.165) is 92.0 Å². The SMILES string of the molecule is CCCCCc1cc2c(CCCCCN(C)CCOCCOCCOCCOCCOCCOCCOCCOCCOCCOCCC(=O)Oc3c(F)c(F)cc(F)c3F)cc(-c3cccc(S(=O)(=O)N4CC(CO)C4)c3)cc2nc1N. The highest BCUT2D eigenvalue weighted by Crippen LogP contribution is 2.33. The average molecular weight is 1200 g/mol. The summed E-state index contributed by atoms with van der Waals surface area (Å²) in [6.45, 7) is 12.1. The van der Waals surface area contributed by atoms with Crippen molar-refractivity contribution in [2.45, 2.75) is 69.6 Å². The maximum absolute atomic E-state index is 13.6. The molecule has 0 bridgehead atoms. The fourth-order valence-corrected chi connectivity index (χ4v) is 10.3. The van der Waals surface area contributed by atoms with Gasteiger partial charge in [0.1, 0.15) is 5.82 Å². The summed E-state index contributed by atoms with van der Waals surface area (Å²) in [7, 11) is -1.56. The first kappa shape index (κ1) is 69.3. The maximum Gasteiger partial charge on any atom is 0.313 e. The van der Waals surface area contributed by atoms with E-state index in [2.05, 4.69) is 35.7 Å². The second kappa shape index (κ2) is 40.0. The topological polar surface area (TPSA) is 218 Å². The van der Waals surface area contributed by atoms with Crippen LogP contribution in [0.3, 0.4) is 0 Å². The number of carbonyl (C=O) groups excluding carboxylic acids is 1. The number of aliphatic hydroxyl groups excluding tert-OH is 1. The highest BCUT2D eigenvalue weighted by molar-refractivity contribution is 7.89. The number of nitrogens with two attached hydrogens (primary N) is 1. The number of hydrogen-bond donors (Lipinski definition) is 2. The smallest absolute Gasteiger partial charge is 0.313 e. The van der Waals surface area contributed by atoms with E-state index in [9.17, 15) is 35.9 Å². The molecule has 0 spiro atoms. The predicted octanol–water partition coefficient (Wildman–Crippen LogP) is 7.19. The van der Waals surface area contributed by atoms with Crippen molar-refractivity contribution in [1.29, 1.82) is 0 Å². The standard InChI is InChI=1S/C59H86F4N4O15S/c1-3-4-6-11-48-39-51-47(37-49(40-54(51)65-59(48)64)46-12-9-13-50(38-46)83(70,71)67-42-45(43-67)44-68)10-7-5-8-15-66(2)16-18-73-20-22-75-24-26-77-28-30-79-32-34-81-36-35-80-33-31-78-29-27-76-25-23-74-21-19-72-17-14-55(69)82-58-56(62)52(60)41-53(61)57(58)63/h9,12-13,37-41,45,68H,3-8,10-11,14-36,42-44H2,1-2H3,(H2,64,65). The summed E-state index contributed by atoms with van der Waals surface area (Å²) in [5, 5.41) is 10.5. The third-order valence-electron chi connectivity index (χ3n) is 13.4. The molecule has 0 atom stereocenters. The van der Waals surface area contributed by atoms with Gasteiger partial charge in [0, 0.05) is 43.6 Å². The first-order valence-electron chi connectivity index (χ1n) is 28.7. The van der Waals surface area contributed by atoms with Crippen LogP contribution in [0.2, 0.25) is 0 Å². The Morgan fingerprint density at radius 1 is 0.614 bits per heavy atom. The van der Waals surface area contributed by atoms with Gasteiger partial charge >= 0.3 is 5.97 Å². The zero-order chi connectivity index (χ0) is 59.5. The van der Waals surface area contributed by atoms with Gasteiger partial charge in [-0.05, 0) is 92.2 Å². The molecule has 2 heterocycles. The Kier molecular flexibility index (Phi) is 33.4. The van der Waals surface area contributed by atoms with Crippen LogP contribution in [-0.2, 0) is 75.0 Å². The van der Waals surface area contributed by atoms with Crippen molar-refractivity contribution in [2.24, 2.45) is 5.92 Å². The van der Waals surface area contributed by atoms with E-state index in [0.29, 0.717) is 131 Å². The lowest BCUT2D eigenvalue weighted by atomic mass is 9.94. The summed E-state index contributed by atoms with van der Waals surface area (Å²) >= 11 is 0. The molecule has 1 aliphatic rings. The second-order valence-electron chi connectivity index (χ2n) is 19.8. The lowest BCUT2D eigenvalue weighted by Gasteiger charge is -2.36. The van der Waals surface area contributed by atoms with E-state index in [1.54, 1.807) is 18.2 Å². The molecule has 83 heavy (non-hydrogen) atoms. The van der Waals surface area contributed by atoms with Gasteiger partial charge in [-0.1, -0.05) is 44.4 Å². The van der Waals surface area contributed by atoms with Crippen LogP contribution in [0.5, 0.6) is 5.75 Å². The number of aromatic nitrogens is 1. The summed E-state index contributed by atoms with van der Waals surface area (Å²) in [6, 6.07) is 13.5. The zero-order valence-electron chi connectivity index (χ0n) is 48.2. The summed E-state index contributed by atoms with van der Waals surface area (Å²) in [5.41, 5.74) is 11.3. The minimum Gasteiger partial charge on any atom is -0.420 e. The van der Waals surface area contributed by atoms with Crippen molar-refractivity contribution < 1.29 is 88.0 Å². The van der Waals surface area contributed by atoms with E-state index in [-0.39, 0.29) is 43.3 Å². The number of pyridine rings is 1. The summed E-state index contributed by atoms with van der Waals surface area (Å²) < 4.78 is 141. The zero-order valence-corrected chi connectivity index (χ0v) is 49.1. The molecule has 1 saturated heterocycles. The molecule has 4 aromatic rings. The van der Waals surface area contributed by atoms with E-state index < -0.39 is 51.4 Å². The quantitative estimate of drug-likeness (QED) is 0.0147. The fourth-order valence-electron chi connectivity index (χ4n) is 8.61. The second-order valence-corrected chi connectivity index (χ2v) is 21.8. The van der Waals surface area contributed by atoms with Gasteiger partial charge in [-0.2, -0.15) is 13.1 Å². The van der Waals surface area contributed by atoms with Crippen LogP contribution in [0.15, 0.2) is 53.4 Å². The van der Waals surface area contributed by atoms with Gasteiger partial charge in [-0.15, -0.1) is 0 Å². The van der Waals surface area contributed by atoms with Crippen molar-refractivity contribution in [3.8, 4) is 16.9 Å². The number of ether oxygens (including phenoxy) is 11. The van der Waals surface area contributed by atoms with Crippen molar-refractivity contribution >= 4 is 32.7 Å². The number of likely N-dealkylation sites (N-methyl/N-ethyl adjacent to an activating group) is 1. The first-order chi connectivity index (χ1) is 40.3. The van der Waals surface area contributed by atoms with Gasteiger partial charge in [-0.3, -0.25) is 4.79 Å². The minimum atomic E-state index is -3.67. The number of aryl methyl sites for hydroxylation is 2. The van der Waals surface area contributed by atoms with E-state index in [4.69, 9.17) is 58.1 Å². The normalized spacial score (nSPS) is 13.2. The molecule has 1 aromatic heterocycles. The Balaban J connectivity index is 0.777. The Morgan fingerprint density at radius 3 is 1.63 bits per heavy atom. The number of aliphatic hydroxyl groups is 1. The van der Waals surface area contributed by atoms with Gasteiger partial charge in [0.25, 0.3) is 0 Å². The third kappa shape index (κ3) is 25.5. The molecule has 19 nitrogen and oxygen atoms in total. The predicted molar refractivity (Wildman–Crippen MR) is 304 cm³/mol. The summed E-state index contributed by atoms with van der Waals surface area (Å²) in [4.78, 5) is 19.1. The largest absolute Gasteiger partial charge is 0.420 e. The van der Waals surface area contributed by atoms with Gasteiger partial charge in [0.2, 0.25) is 27.4 Å². The Morgan fingerprint density at radius 2 is 1.11 bits per heavy atom. The molecular weight excluding hydrogens is 1110 g/mol. The van der Waals surface area contributed by atoms with Crippen LogP contribution in [-0.4, -0.2) is 206 Å². The number of esters is 1. The Bertz CT molecular complexity index is 2580. The van der Waals surface area contributed by atoms with E-state index in [1.165, 1.54) is 9.87 Å². The number of rotatable bonds is 48. The van der Waals surface area contributed by atoms with Gasteiger partial charge in [-0.25, -0.2) is 22.2 Å². The molecule has 0 unspecified atom stereocenters. The summed E-state index contributed by atoms with van der Waals surface area (Å²) in [5.74, 6) is -8.99. The number of anilines is 1. The molecule has 0 radical (unpaired) electrons. The minimum absolute atomic E-state index is 0.0176. The molecule has 3 aromatic carbocycles. The summed E-state index contributed by atoms with van der Waals surface area (Å²) in [6.07, 6.45) is 7.73. The number of carbonyl (C=O) groups is 1. The van der Waals surface area contributed by atoms with Gasteiger partial charge in [0.05, 0.1) is 149 Å². The van der Waals surface area contributed by atoms with Crippen LogP contribution in [0, 0.1) is 29.2 Å². The average Bonchev–Trinajstić information content (AvgIpc) is 3.49. The van der Waals surface area contributed by atoms with Crippen molar-refractivity contribution in [1.82, 2.24) is 14.2 Å². The fraction of sp³-hybridized carbons (Fsp3) is 0.627. The molecule has 0 amide bonds. The molecule has 5 rings (SSSR count). The molecule has 466 valence electrons. The molecule has 0 saturated carbocycles. The number of halogens is 4. The van der Waals surface area contributed by atoms with Crippen LogP contribution in [0.4, 0.5) is 23.4 Å². The van der Waals surface area contributed by atoms with Crippen LogP contribution < -0.4 is 10.5 Å². The number of unbranched alkanes of at least 4 members (excludes halogenated alkanes) is 4. The van der Waals surface area contributed by atoms with Crippen molar-refractivity contribution in [2.75, 3.05) is 178 Å². The molecule has 24 heteroatoms. The van der Waals surface area contributed by atoms with Crippen LogP contribution in [0.25, 0.3) is 22.0 Å². The van der Waals surface area contributed by atoms with Crippen molar-refractivity contribution in [3.05, 3.63) is 82.9 Å². The number of nitrogens with zero attached hydrogens (tertiary/aromatic N) is 3. The Labute approximate surface area is 486 Å². The van der Waals surface area contributed by atoms with Crippen LogP contribution >= 0.6 is 0 Å². The number of fused-ring (bicyclic) bond motifs is 1. The molecular formula is C59H86F4N4O15S. The molecule has 3 N–H and O–H groups in total. The number of benzene rings is 3. The molecule has 1 fully saturated rings. The monoisotopic (exact) mass is 1200 g/mol. The number of nitrogen functional groups attached to an aromatic ring is 1. The highest BCUT2D eigenvalue weighted by atomic mass is 32.2. The van der Waals surface area contributed by atoms with E-state index >= 15 is 0 Å². The lowest BCUT2D eigenvalue weighted by Crippen LogP contribution is -2.51. The van der Waals surface area contributed by atoms with Gasteiger partial charge in [0.15, 0.2) is 11.6 Å². The van der Waals surface area contributed by atoms with Crippen LogP contribution in [0.1, 0.15) is 63.0 Å². The van der Waals surface area contributed by atoms with Gasteiger partial charge < -0.3 is 67.8 Å². The number of sulfonamides is 1. The maximum atomic E-state index is 13.6. The Hall–Kier alpha value is -4.51. The van der Waals surface area contributed by atoms with Crippen molar-refractivity contribution in [3.63, 3.8) is 0 Å².